The first-order valence-corrected chi connectivity index (χ1v) is 8.15. The van der Waals surface area contributed by atoms with Crippen LogP contribution in [0, 0.1) is 0 Å². The molecule has 0 radical (unpaired) electrons. The molecule has 0 spiro atoms. The minimum absolute atomic E-state index is 0.137. The fourth-order valence-corrected chi connectivity index (χ4v) is 2.80. The predicted octanol–water partition coefficient (Wildman–Crippen LogP) is 3.48. The topological polar surface area (TPSA) is 48.0 Å². The van der Waals surface area contributed by atoms with Gasteiger partial charge in [-0.3, -0.25) is 0 Å². The Bertz CT molecular complexity index is 434. The van der Waals surface area contributed by atoms with E-state index in [0.29, 0.717) is 13.1 Å². The van der Waals surface area contributed by atoms with E-state index in [9.17, 15) is 4.79 Å². The molecule has 0 saturated carbocycles. The van der Waals surface area contributed by atoms with E-state index >= 15 is 0 Å². The van der Waals surface area contributed by atoms with Gasteiger partial charge in [-0.2, -0.15) is 0 Å². The van der Waals surface area contributed by atoms with Gasteiger partial charge in [0.2, 0.25) is 0 Å². The van der Waals surface area contributed by atoms with E-state index in [0.717, 1.165) is 6.42 Å². The van der Waals surface area contributed by atoms with Gasteiger partial charge in [-0.25, -0.2) is 4.79 Å². The quantitative estimate of drug-likeness (QED) is 0.733. The highest BCUT2D eigenvalue weighted by Crippen LogP contribution is 2.51. The first kappa shape index (κ1) is 17.6. The van der Waals surface area contributed by atoms with Crippen molar-refractivity contribution in [3.05, 3.63) is 0 Å². The van der Waals surface area contributed by atoms with Gasteiger partial charge in [0.05, 0.1) is 11.2 Å². The predicted molar refractivity (Wildman–Crippen MR) is 86.9 cm³/mol. The summed E-state index contributed by atoms with van der Waals surface area (Å²) < 4.78 is 17.8. The van der Waals surface area contributed by atoms with E-state index in [1.807, 2.05) is 20.8 Å². The summed E-state index contributed by atoms with van der Waals surface area (Å²) in [6.45, 7) is 17.2. The van der Waals surface area contributed by atoms with Crippen molar-refractivity contribution in [3.8, 4) is 0 Å². The summed E-state index contributed by atoms with van der Waals surface area (Å²) in [4.78, 5) is 13.9. The van der Waals surface area contributed by atoms with Crippen LogP contribution in [-0.4, -0.2) is 48.0 Å². The molecule has 2 rings (SSSR count). The molecule has 0 atom stereocenters. The Balaban J connectivity index is 2.02. The number of carbonyl (C=O) groups is 1. The van der Waals surface area contributed by atoms with Crippen LogP contribution >= 0.6 is 0 Å². The molecule has 2 aliphatic rings. The highest BCUT2D eigenvalue weighted by molar-refractivity contribution is 6.50. The van der Waals surface area contributed by atoms with Gasteiger partial charge in [0.1, 0.15) is 5.60 Å². The minimum Gasteiger partial charge on any atom is -0.444 e. The molecule has 0 aromatic rings. The molecule has 0 aromatic heterocycles. The monoisotopic (exact) mass is 311 g/mol. The van der Waals surface area contributed by atoms with Crippen molar-refractivity contribution >= 4 is 13.2 Å². The molecule has 6 heteroatoms. The van der Waals surface area contributed by atoms with Gasteiger partial charge in [-0.05, 0) is 54.9 Å². The fraction of sp³-hybridized carbons (Fsp3) is 0.938. The summed E-state index contributed by atoms with van der Waals surface area (Å²) in [6.07, 6.45) is 0.649. The molecule has 0 bridgehead atoms. The maximum Gasteiger partial charge on any atom is 0.468 e. The molecule has 2 fully saturated rings. The summed E-state index contributed by atoms with van der Waals surface area (Å²) >= 11 is 0. The summed E-state index contributed by atoms with van der Waals surface area (Å²) in [7, 11) is -0.277. The van der Waals surface area contributed by atoms with Crippen molar-refractivity contribution in [2.75, 3.05) is 13.1 Å². The molecular formula is C16H30BNO4. The lowest BCUT2D eigenvalue weighted by molar-refractivity contribution is -0.00405. The van der Waals surface area contributed by atoms with Crippen LogP contribution in [0.15, 0.2) is 0 Å². The van der Waals surface area contributed by atoms with Gasteiger partial charge in [-0.15, -0.1) is 0 Å². The van der Waals surface area contributed by atoms with Crippen LogP contribution in [-0.2, 0) is 14.0 Å². The van der Waals surface area contributed by atoms with Gasteiger partial charge in [0.25, 0.3) is 0 Å². The van der Waals surface area contributed by atoms with Crippen LogP contribution in [0.25, 0.3) is 0 Å². The van der Waals surface area contributed by atoms with Crippen molar-refractivity contribution in [1.29, 1.82) is 0 Å². The van der Waals surface area contributed by atoms with E-state index in [1.165, 1.54) is 0 Å². The van der Waals surface area contributed by atoms with Gasteiger partial charge < -0.3 is 18.9 Å². The van der Waals surface area contributed by atoms with Crippen molar-refractivity contribution in [1.82, 2.24) is 4.90 Å². The van der Waals surface area contributed by atoms with E-state index < -0.39 is 5.60 Å². The number of hydrogen-bond donors (Lipinski definition) is 0. The molecule has 0 unspecified atom stereocenters. The van der Waals surface area contributed by atoms with Crippen molar-refractivity contribution < 1.29 is 18.8 Å². The Labute approximate surface area is 134 Å². The molecule has 126 valence electrons. The number of rotatable bonds is 2. The zero-order valence-electron chi connectivity index (χ0n) is 15.3. The number of carbonyl (C=O) groups excluding carboxylic acids is 1. The third kappa shape index (κ3) is 3.00. The zero-order valence-corrected chi connectivity index (χ0v) is 15.3. The van der Waals surface area contributed by atoms with Crippen molar-refractivity contribution in [2.24, 2.45) is 0 Å². The maximum absolute atomic E-state index is 12.1. The summed E-state index contributed by atoms with van der Waals surface area (Å²) in [6, 6.07) is 0. The Morgan fingerprint density at radius 3 is 1.95 bits per heavy atom. The number of amides is 1. The average Bonchev–Trinajstić information content (AvgIpc) is 2.44. The Hall–Kier alpha value is -0.745. The Morgan fingerprint density at radius 2 is 1.59 bits per heavy atom. The number of likely N-dealkylation sites (tertiary alicyclic amines) is 1. The first-order valence-electron chi connectivity index (χ1n) is 8.15. The van der Waals surface area contributed by atoms with Crippen LogP contribution < -0.4 is 0 Å². The highest BCUT2D eigenvalue weighted by atomic mass is 16.7. The normalized spacial score (nSPS) is 25.8. The summed E-state index contributed by atoms with van der Waals surface area (Å²) in [5, 5.41) is -0.137. The lowest BCUT2D eigenvalue weighted by Crippen LogP contribution is -2.61. The number of nitrogens with zero attached hydrogens (tertiary/aromatic N) is 1. The lowest BCUT2D eigenvalue weighted by Gasteiger charge is -2.50. The second-order valence-corrected chi connectivity index (χ2v) is 8.64. The Morgan fingerprint density at radius 1 is 1.14 bits per heavy atom. The van der Waals surface area contributed by atoms with Crippen LogP contribution in [0.1, 0.15) is 61.8 Å². The number of ether oxygens (including phenoxy) is 1. The first-order chi connectivity index (χ1) is 9.82. The van der Waals surface area contributed by atoms with Crippen LogP contribution in [0.5, 0.6) is 0 Å². The van der Waals surface area contributed by atoms with Crippen molar-refractivity contribution in [3.63, 3.8) is 0 Å². The van der Waals surface area contributed by atoms with Crippen molar-refractivity contribution in [2.45, 2.75) is 83.9 Å². The molecule has 2 aliphatic heterocycles. The van der Waals surface area contributed by atoms with Gasteiger partial charge in [-0.1, -0.05) is 6.92 Å². The minimum atomic E-state index is -0.466. The lowest BCUT2D eigenvalue weighted by atomic mass is 9.51. The van der Waals surface area contributed by atoms with Gasteiger partial charge in [0, 0.05) is 18.4 Å². The molecule has 0 aromatic carbocycles. The fourth-order valence-electron chi connectivity index (χ4n) is 2.80. The van der Waals surface area contributed by atoms with E-state index in [1.54, 1.807) is 4.90 Å². The molecule has 5 nitrogen and oxygen atoms in total. The SMILES string of the molecule is CCC1(B2OC(C)(C)C(C)(C)O2)CN(C(=O)OC(C)(C)C)C1. The standard InChI is InChI=1S/C16H30BNO4/c1-9-16(17-21-14(5,6)15(7,8)22-17)10-18(11-16)12(19)20-13(2,3)4/h9-11H2,1-8H3. The second-order valence-electron chi connectivity index (χ2n) is 8.64. The third-order valence-corrected chi connectivity index (χ3v) is 5.12. The molecule has 2 saturated heterocycles. The van der Waals surface area contributed by atoms with Crippen LogP contribution in [0.4, 0.5) is 4.79 Å². The van der Waals surface area contributed by atoms with E-state index in [-0.39, 0.29) is 29.7 Å². The molecule has 0 N–H and O–H groups in total. The average molecular weight is 311 g/mol. The number of hydrogen-bond acceptors (Lipinski definition) is 4. The van der Waals surface area contributed by atoms with Crippen LogP contribution in [0.2, 0.25) is 5.31 Å². The van der Waals surface area contributed by atoms with Gasteiger partial charge >= 0.3 is 13.2 Å². The summed E-state index contributed by atoms with van der Waals surface area (Å²) in [5.41, 5.74) is -1.15. The Kier molecular flexibility index (Phi) is 4.11. The van der Waals surface area contributed by atoms with E-state index in [2.05, 4.69) is 34.6 Å². The van der Waals surface area contributed by atoms with E-state index in [4.69, 9.17) is 14.0 Å². The highest BCUT2D eigenvalue weighted by Gasteiger charge is 2.63. The molecule has 1 amide bonds. The zero-order chi connectivity index (χ0) is 17.0. The smallest absolute Gasteiger partial charge is 0.444 e. The second kappa shape index (κ2) is 5.13. The van der Waals surface area contributed by atoms with Gasteiger partial charge in [0.15, 0.2) is 0 Å². The molecular weight excluding hydrogens is 281 g/mol. The largest absolute Gasteiger partial charge is 0.468 e. The maximum atomic E-state index is 12.1. The molecule has 2 heterocycles. The molecule has 22 heavy (non-hydrogen) atoms. The molecule has 0 aliphatic carbocycles. The summed E-state index contributed by atoms with van der Waals surface area (Å²) in [5.74, 6) is 0. The third-order valence-electron chi connectivity index (χ3n) is 5.12. The van der Waals surface area contributed by atoms with Crippen LogP contribution in [0.3, 0.4) is 0 Å².